The van der Waals surface area contributed by atoms with E-state index in [1.54, 1.807) is 6.07 Å². The van der Waals surface area contributed by atoms with Crippen molar-refractivity contribution in [2.75, 3.05) is 11.5 Å². The molecule has 0 aliphatic heterocycles. The summed E-state index contributed by atoms with van der Waals surface area (Å²) in [5.74, 6) is 0.292. The van der Waals surface area contributed by atoms with Gasteiger partial charge in [0.15, 0.2) is 9.84 Å². The average Bonchev–Trinajstić information content (AvgIpc) is 2.29. The minimum Gasteiger partial charge on any atom is -0.399 e. The molecule has 5 heteroatoms. The molecule has 0 heterocycles. The second-order valence-corrected chi connectivity index (χ2v) is 6.56. The van der Waals surface area contributed by atoms with E-state index >= 15 is 0 Å². The zero-order valence-corrected chi connectivity index (χ0v) is 11.7. The average molecular weight is 276 g/mol. The molecule has 1 aromatic carbocycles. The van der Waals surface area contributed by atoms with Crippen LogP contribution < -0.4 is 5.73 Å². The summed E-state index contributed by atoms with van der Waals surface area (Å²) in [7, 11) is -3.35. The smallest absolute Gasteiger partial charge is 0.180 e. The van der Waals surface area contributed by atoms with Gasteiger partial charge in [0.05, 0.1) is 15.7 Å². The largest absolute Gasteiger partial charge is 0.399 e. The first-order valence-corrected chi connectivity index (χ1v) is 7.71. The molecule has 0 aliphatic rings. The third-order valence-corrected chi connectivity index (χ3v) is 5.26. The Morgan fingerprint density at radius 3 is 2.41 bits per heavy atom. The van der Waals surface area contributed by atoms with Gasteiger partial charge in [-0.2, -0.15) is 0 Å². The summed E-state index contributed by atoms with van der Waals surface area (Å²) in [6.45, 7) is 3.98. The first-order chi connectivity index (χ1) is 7.90. The van der Waals surface area contributed by atoms with E-state index in [4.69, 9.17) is 17.3 Å². The summed E-state index contributed by atoms with van der Waals surface area (Å²) in [4.78, 5) is 0.145. The van der Waals surface area contributed by atoms with E-state index < -0.39 is 9.84 Å². The molecule has 17 heavy (non-hydrogen) atoms. The van der Waals surface area contributed by atoms with E-state index in [0.717, 1.165) is 12.8 Å². The maximum atomic E-state index is 12.2. The van der Waals surface area contributed by atoms with Crippen LogP contribution in [0.4, 0.5) is 5.69 Å². The molecule has 96 valence electrons. The topological polar surface area (TPSA) is 60.2 Å². The lowest BCUT2D eigenvalue weighted by Crippen LogP contribution is -2.16. The van der Waals surface area contributed by atoms with Gasteiger partial charge in [0.25, 0.3) is 0 Å². The first-order valence-electron chi connectivity index (χ1n) is 5.68. The number of hydrogen-bond acceptors (Lipinski definition) is 3. The van der Waals surface area contributed by atoms with Crippen LogP contribution in [0, 0.1) is 5.92 Å². The van der Waals surface area contributed by atoms with Gasteiger partial charge in [-0.3, -0.25) is 0 Å². The summed E-state index contributed by atoms with van der Waals surface area (Å²) in [6.07, 6.45) is 1.69. The molecular formula is C12H18ClNO2S. The standard InChI is InChI=1S/C12H18ClNO2S/c1-3-9(4-2)8-17(15,16)12-7-10(14)5-6-11(12)13/h5-7,9H,3-4,8,14H2,1-2H3. The van der Waals surface area contributed by atoms with Crippen LogP contribution in [0.2, 0.25) is 5.02 Å². The summed E-state index contributed by atoms with van der Waals surface area (Å²) in [5, 5.41) is 0.241. The lowest BCUT2D eigenvalue weighted by atomic mass is 10.1. The summed E-state index contributed by atoms with van der Waals surface area (Å²) in [5.41, 5.74) is 6.01. The molecule has 0 fully saturated rings. The third kappa shape index (κ3) is 3.61. The van der Waals surface area contributed by atoms with Gasteiger partial charge < -0.3 is 5.73 Å². The summed E-state index contributed by atoms with van der Waals surface area (Å²) < 4.78 is 24.4. The molecule has 3 nitrogen and oxygen atoms in total. The summed E-state index contributed by atoms with van der Waals surface area (Å²) in [6, 6.07) is 4.55. The van der Waals surface area contributed by atoms with Crippen LogP contribution in [-0.2, 0) is 9.84 Å². The highest BCUT2D eigenvalue weighted by Crippen LogP contribution is 2.27. The van der Waals surface area contributed by atoms with Crippen molar-refractivity contribution < 1.29 is 8.42 Å². The predicted molar refractivity (Wildman–Crippen MR) is 72.0 cm³/mol. The van der Waals surface area contributed by atoms with E-state index in [9.17, 15) is 8.42 Å². The fraction of sp³-hybridized carbons (Fsp3) is 0.500. The van der Waals surface area contributed by atoms with Gasteiger partial charge >= 0.3 is 0 Å². The molecule has 0 saturated carbocycles. The zero-order valence-electron chi connectivity index (χ0n) is 10.1. The fourth-order valence-corrected chi connectivity index (χ4v) is 4.11. The Labute approximate surface area is 108 Å². The van der Waals surface area contributed by atoms with Crippen LogP contribution in [0.25, 0.3) is 0 Å². The van der Waals surface area contributed by atoms with Gasteiger partial charge in [-0.15, -0.1) is 0 Å². The molecule has 1 rings (SSSR count). The lowest BCUT2D eigenvalue weighted by Gasteiger charge is -2.13. The molecule has 0 unspecified atom stereocenters. The molecule has 2 N–H and O–H groups in total. The second kappa shape index (κ2) is 5.74. The normalized spacial score (nSPS) is 12.0. The predicted octanol–water partition coefficient (Wildman–Crippen LogP) is 3.13. The van der Waals surface area contributed by atoms with Crippen LogP contribution in [0.3, 0.4) is 0 Å². The Morgan fingerprint density at radius 2 is 1.88 bits per heavy atom. The van der Waals surface area contributed by atoms with Crippen molar-refractivity contribution in [1.29, 1.82) is 0 Å². The highest BCUT2D eigenvalue weighted by Gasteiger charge is 2.22. The molecule has 1 aromatic rings. The van der Waals surface area contributed by atoms with Gasteiger partial charge in [0.2, 0.25) is 0 Å². The van der Waals surface area contributed by atoms with E-state index in [2.05, 4.69) is 0 Å². The third-order valence-electron chi connectivity index (χ3n) is 2.90. The Balaban J connectivity index is 3.09. The molecule has 0 atom stereocenters. The molecule has 0 aromatic heterocycles. The molecular weight excluding hydrogens is 258 g/mol. The maximum Gasteiger partial charge on any atom is 0.180 e. The van der Waals surface area contributed by atoms with Crippen LogP contribution in [0.5, 0.6) is 0 Å². The Kier molecular flexibility index (Phi) is 4.83. The van der Waals surface area contributed by atoms with Crippen LogP contribution in [0.15, 0.2) is 23.1 Å². The monoisotopic (exact) mass is 275 g/mol. The quantitative estimate of drug-likeness (QED) is 0.840. The highest BCUT2D eigenvalue weighted by atomic mass is 35.5. The molecule has 0 spiro atoms. The van der Waals surface area contributed by atoms with Crippen LogP contribution >= 0.6 is 11.6 Å². The van der Waals surface area contributed by atoms with Crippen molar-refractivity contribution in [3.63, 3.8) is 0 Å². The van der Waals surface area contributed by atoms with Crippen LogP contribution in [-0.4, -0.2) is 14.2 Å². The first kappa shape index (κ1) is 14.3. The zero-order chi connectivity index (χ0) is 13.1. The SMILES string of the molecule is CCC(CC)CS(=O)(=O)c1cc(N)ccc1Cl. The molecule has 0 radical (unpaired) electrons. The van der Waals surface area contributed by atoms with Crippen molar-refractivity contribution in [1.82, 2.24) is 0 Å². The van der Waals surface area contributed by atoms with Crippen molar-refractivity contribution in [3.05, 3.63) is 23.2 Å². The highest BCUT2D eigenvalue weighted by molar-refractivity contribution is 7.91. The minimum absolute atomic E-state index is 0.128. The number of nitrogen functional groups attached to an aromatic ring is 1. The number of benzene rings is 1. The number of rotatable bonds is 5. The second-order valence-electron chi connectivity index (χ2n) is 4.15. The van der Waals surface area contributed by atoms with E-state index in [0.29, 0.717) is 5.69 Å². The van der Waals surface area contributed by atoms with E-state index in [1.807, 2.05) is 13.8 Å². The summed E-state index contributed by atoms with van der Waals surface area (Å²) >= 11 is 5.92. The molecule has 0 amide bonds. The van der Waals surface area contributed by atoms with Gasteiger partial charge in [0.1, 0.15) is 0 Å². The maximum absolute atomic E-state index is 12.2. The number of anilines is 1. The number of halogens is 1. The van der Waals surface area contributed by atoms with Crippen molar-refractivity contribution in [2.45, 2.75) is 31.6 Å². The van der Waals surface area contributed by atoms with Crippen molar-refractivity contribution in [2.24, 2.45) is 5.92 Å². The lowest BCUT2D eigenvalue weighted by molar-refractivity contribution is 0.523. The van der Waals surface area contributed by atoms with Gasteiger partial charge in [-0.1, -0.05) is 38.3 Å². The van der Waals surface area contributed by atoms with Crippen molar-refractivity contribution >= 4 is 27.1 Å². The van der Waals surface area contributed by atoms with Gasteiger partial charge in [0, 0.05) is 5.69 Å². The Bertz CT molecular complexity index is 481. The fourth-order valence-electron chi connectivity index (χ4n) is 1.68. The van der Waals surface area contributed by atoms with Gasteiger partial charge in [-0.25, -0.2) is 8.42 Å². The van der Waals surface area contributed by atoms with E-state index in [-0.39, 0.29) is 21.6 Å². The molecule has 0 bridgehead atoms. The van der Waals surface area contributed by atoms with Crippen LogP contribution in [0.1, 0.15) is 26.7 Å². The Morgan fingerprint density at radius 1 is 1.29 bits per heavy atom. The van der Waals surface area contributed by atoms with Gasteiger partial charge in [-0.05, 0) is 24.1 Å². The van der Waals surface area contributed by atoms with Crippen molar-refractivity contribution in [3.8, 4) is 0 Å². The number of sulfone groups is 1. The minimum atomic E-state index is -3.35. The molecule has 0 saturated heterocycles. The number of nitrogens with two attached hydrogens (primary N) is 1. The Hall–Kier alpha value is -0.740. The number of hydrogen-bond donors (Lipinski definition) is 1. The molecule has 0 aliphatic carbocycles. The van der Waals surface area contributed by atoms with E-state index in [1.165, 1.54) is 12.1 Å².